The van der Waals surface area contributed by atoms with E-state index >= 15 is 0 Å². The summed E-state index contributed by atoms with van der Waals surface area (Å²) in [5, 5.41) is 10.7. The van der Waals surface area contributed by atoms with E-state index in [1.807, 2.05) is 54.6 Å². The van der Waals surface area contributed by atoms with E-state index in [1.54, 1.807) is 17.1 Å². The molecule has 0 aliphatic carbocycles. The summed E-state index contributed by atoms with van der Waals surface area (Å²) < 4.78 is 12.5. The van der Waals surface area contributed by atoms with Gasteiger partial charge in [-0.1, -0.05) is 35.5 Å². The Kier molecular flexibility index (Phi) is 5.61. The predicted octanol–water partition coefficient (Wildman–Crippen LogP) is 2.81. The summed E-state index contributed by atoms with van der Waals surface area (Å²) in [4.78, 5) is 16.1. The maximum atomic E-state index is 12.2. The molecule has 0 atom stereocenters. The number of benzene rings is 2. The quantitative estimate of drug-likeness (QED) is 0.498. The largest absolute Gasteiger partial charge is 0.486 e. The number of carbonyl (C=O) groups is 1. The molecule has 0 bridgehead atoms. The van der Waals surface area contributed by atoms with Gasteiger partial charge < -0.3 is 14.6 Å². The van der Waals surface area contributed by atoms with E-state index in [0.29, 0.717) is 18.1 Å². The van der Waals surface area contributed by atoms with Gasteiger partial charge in [-0.2, -0.15) is 5.10 Å². The van der Waals surface area contributed by atoms with Crippen molar-refractivity contribution in [3.8, 4) is 11.4 Å². The Bertz CT molecular complexity index is 1040. The molecule has 29 heavy (non-hydrogen) atoms. The Morgan fingerprint density at radius 1 is 1.10 bits per heavy atom. The second kappa shape index (κ2) is 8.83. The summed E-state index contributed by atoms with van der Waals surface area (Å²) in [6.45, 7) is 0.701. The number of ether oxygens (including phenoxy) is 1. The molecule has 8 heteroatoms. The first-order valence-electron chi connectivity index (χ1n) is 9.13. The fourth-order valence-electron chi connectivity index (χ4n) is 2.73. The molecule has 0 radical (unpaired) electrons. The highest BCUT2D eigenvalue weighted by Gasteiger charge is 2.12. The molecular weight excluding hydrogens is 370 g/mol. The van der Waals surface area contributed by atoms with Gasteiger partial charge in [-0.15, -0.1) is 0 Å². The molecule has 2 aromatic heterocycles. The van der Waals surface area contributed by atoms with Gasteiger partial charge in [-0.25, -0.2) is 9.67 Å². The van der Waals surface area contributed by atoms with E-state index in [-0.39, 0.29) is 18.2 Å². The zero-order valence-corrected chi connectivity index (χ0v) is 15.6. The molecule has 0 unspecified atom stereocenters. The lowest BCUT2D eigenvalue weighted by Crippen LogP contribution is -2.25. The van der Waals surface area contributed by atoms with Crippen LogP contribution in [-0.4, -0.2) is 32.4 Å². The SMILES string of the molecule is O=C(NCCc1ccccc1)c1cc(COc2ccc(-n3cncn3)cc2)on1. The van der Waals surface area contributed by atoms with E-state index in [4.69, 9.17) is 9.26 Å². The topological polar surface area (TPSA) is 95.1 Å². The van der Waals surface area contributed by atoms with Crippen molar-refractivity contribution < 1.29 is 14.1 Å². The Morgan fingerprint density at radius 2 is 1.93 bits per heavy atom. The van der Waals surface area contributed by atoms with Crippen LogP contribution >= 0.6 is 0 Å². The molecule has 2 heterocycles. The summed E-state index contributed by atoms with van der Waals surface area (Å²) in [5.74, 6) is 0.866. The Morgan fingerprint density at radius 3 is 2.69 bits per heavy atom. The van der Waals surface area contributed by atoms with Crippen LogP contribution in [0.3, 0.4) is 0 Å². The van der Waals surface area contributed by atoms with Gasteiger partial charge in [0.2, 0.25) is 0 Å². The van der Waals surface area contributed by atoms with Crippen molar-refractivity contribution in [2.24, 2.45) is 0 Å². The maximum absolute atomic E-state index is 12.2. The molecule has 1 N–H and O–H groups in total. The molecule has 0 saturated carbocycles. The zero-order chi connectivity index (χ0) is 19.9. The number of hydrogen-bond donors (Lipinski definition) is 1. The molecule has 0 aliphatic rings. The van der Waals surface area contributed by atoms with Crippen LogP contribution in [-0.2, 0) is 13.0 Å². The summed E-state index contributed by atoms with van der Waals surface area (Å²) in [5.41, 5.74) is 2.28. The highest BCUT2D eigenvalue weighted by Crippen LogP contribution is 2.16. The van der Waals surface area contributed by atoms with Crippen LogP contribution in [0.25, 0.3) is 5.69 Å². The lowest BCUT2D eigenvalue weighted by molar-refractivity contribution is 0.0944. The minimum Gasteiger partial charge on any atom is -0.486 e. The number of hydrogen-bond acceptors (Lipinski definition) is 6. The van der Waals surface area contributed by atoms with Gasteiger partial charge in [0.1, 0.15) is 25.0 Å². The number of nitrogens with zero attached hydrogens (tertiary/aromatic N) is 4. The Balaban J connectivity index is 1.26. The number of nitrogens with one attached hydrogen (secondary N) is 1. The zero-order valence-electron chi connectivity index (χ0n) is 15.6. The lowest BCUT2D eigenvalue weighted by Gasteiger charge is -2.05. The van der Waals surface area contributed by atoms with Gasteiger partial charge in [0.25, 0.3) is 5.91 Å². The molecule has 0 spiro atoms. The van der Waals surface area contributed by atoms with Crippen LogP contribution in [0.2, 0.25) is 0 Å². The van der Waals surface area contributed by atoms with Crippen LogP contribution in [0.1, 0.15) is 21.8 Å². The molecule has 4 aromatic rings. The second-order valence-corrected chi connectivity index (χ2v) is 6.29. The van der Waals surface area contributed by atoms with Gasteiger partial charge in [-0.05, 0) is 36.2 Å². The number of rotatable bonds is 8. The third-order valence-corrected chi connectivity index (χ3v) is 4.23. The van der Waals surface area contributed by atoms with Crippen LogP contribution in [0.5, 0.6) is 5.75 Å². The summed E-state index contributed by atoms with van der Waals surface area (Å²) in [7, 11) is 0. The monoisotopic (exact) mass is 389 g/mol. The van der Waals surface area contributed by atoms with Gasteiger partial charge in [0.15, 0.2) is 11.5 Å². The average Bonchev–Trinajstić information content (AvgIpc) is 3.46. The van der Waals surface area contributed by atoms with E-state index < -0.39 is 0 Å². The first kappa shape index (κ1) is 18.4. The average molecular weight is 389 g/mol. The third kappa shape index (κ3) is 4.86. The molecule has 0 fully saturated rings. The Labute approximate surface area is 167 Å². The van der Waals surface area contributed by atoms with Crippen molar-refractivity contribution in [2.45, 2.75) is 13.0 Å². The fraction of sp³-hybridized carbons (Fsp3) is 0.143. The molecular formula is C21H19N5O3. The molecule has 4 rings (SSSR count). The van der Waals surface area contributed by atoms with Crippen molar-refractivity contribution in [3.63, 3.8) is 0 Å². The first-order valence-corrected chi connectivity index (χ1v) is 9.13. The minimum atomic E-state index is -0.270. The van der Waals surface area contributed by atoms with E-state index in [2.05, 4.69) is 20.6 Å². The minimum absolute atomic E-state index is 0.174. The molecule has 1 amide bonds. The maximum Gasteiger partial charge on any atom is 0.273 e. The van der Waals surface area contributed by atoms with Crippen molar-refractivity contribution >= 4 is 5.91 Å². The van der Waals surface area contributed by atoms with Crippen molar-refractivity contribution in [2.75, 3.05) is 6.54 Å². The molecule has 8 nitrogen and oxygen atoms in total. The van der Waals surface area contributed by atoms with Crippen LogP contribution in [0, 0.1) is 0 Å². The molecule has 2 aromatic carbocycles. The summed E-state index contributed by atoms with van der Waals surface area (Å²) in [6.07, 6.45) is 3.85. The predicted molar refractivity (Wildman–Crippen MR) is 105 cm³/mol. The third-order valence-electron chi connectivity index (χ3n) is 4.23. The van der Waals surface area contributed by atoms with Crippen LogP contribution < -0.4 is 10.1 Å². The summed E-state index contributed by atoms with van der Waals surface area (Å²) in [6, 6.07) is 18.9. The van der Waals surface area contributed by atoms with E-state index in [9.17, 15) is 4.79 Å². The molecule has 146 valence electrons. The van der Waals surface area contributed by atoms with Gasteiger partial charge >= 0.3 is 0 Å². The second-order valence-electron chi connectivity index (χ2n) is 6.29. The van der Waals surface area contributed by atoms with Crippen molar-refractivity contribution in [1.82, 2.24) is 25.2 Å². The highest BCUT2D eigenvalue weighted by molar-refractivity contribution is 5.92. The smallest absolute Gasteiger partial charge is 0.273 e. The van der Waals surface area contributed by atoms with E-state index in [1.165, 1.54) is 6.33 Å². The van der Waals surface area contributed by atoms with Gasteiger partial charge in [0, 0.05) is 12.6 Å². The van der Waals surface area contributed by atoms with Crippen LogP contribution in [0.4, 0.5) is 0 Å². The van der Waals surface area contributed by atoms with Crippen molar-refractivity contribution in [3.05, 3.63) is 90.3 Å². The highest BCUT2D eigenvalue weighted by atomic mass is 16.5. The lowest BCUT2D eigenvalue weighted by atomic mass is 10.1. The fourth-order valence-corrected chi connectivity index (χ4v) is 2.73. The number of carbonyl (C=O) groups excluding carboxylic acids is 1. The van der Waals surface area contributed by atoms with Gasteiger partial charge in [-0.3, -0.25) is 4.79 Å². The molecule has 0 aliphatic heterocycles. The molecule has 0 saturated heterocycles. The Hall–Kier alpha value is -3.94. The van der Waals surface area contributed by atoms with Crippen LogP contribution in [0.15, 0.2) is 77.8 Å². The number of amides is 1. The standard InChI is InChI=1S/C21H19N5O3/c27-21(23-11-10-16-4-2-1-3-5-16)20-12-19(29-25-20)13-28-18-8-6-17(7-9-18)26-15-22-14-24-26/h1-9,12,14-15H,10-11,13H2,(H,23,27). The van der Waals surface area contributed by atoms with Crippen molar-refractivity contribution in [1.29, 1.82) is 0 Å². The number of aromatic nitrogens is 4. The van der Waals surface area contributed by atoms with Gasteiger partial charge in [0.05, 0.1) is 5.69 Å². The first-order chi connectivity index (χ1) is 14.3. The normalized spacial score (nSPS) is 10.6. The summed E-state index contributed by atoms with van der Waals surface area (Å²) >= 11 is 0. The van der Waals surface area contributed by atoms with E-state index in [0.717, 1.165) is 17.7 Å².